The van der Waals surface area contributed by atoms with E-state index in [0.717, 1.165) is 71.9 Å². The smallest absolute Gasteiger partial charge is 0.165 e. The fourth-order valence-electron chi connectivity index (χ4n) is 5.26. The average molecular weight is 474 g/mol. The minimum Gasteiger partial charge on any atom is -0.284 e. The zero-order valence-corrected chi connectivity index (χ0v) is 19.7. The maximum Gasteiger partial charge on any atom is 0.165 e. The lowest BCUT2D eigenvalue weighted by atomic mass is 10.00. The van der Waals surface area contributed by atoms with Crippen LogP contribution in [0, 0.1) is 0 Å². The van der Waals surface area contributed by atoms with E-state index in [1.165, 1.54) is 0 Å². The standard InChI is InChI=1S/C32H19N5/c1-2-11-25-24(10-1)28(36-32-31(25)35-27-12-3-4-18-37(27)32)23-8-5-7-22(19-23)26-16-15-21-14-13-20-9-6-17-33-29(20)30(21)34-26/h1-19H. The Bertz CT molecular complexity index is 2160. The molecule has 0 N–H and O–H groups in total. The molecule has 3 aromatic carbocycles. The molecule has 0 atom stereocenters. The third-order valence-corrected chi connectivity index (χ3v) is 7.02. The van der Waals surface area contributed by atoms with Crippen molar-refractivity contribution in [2.75, 3.05) is 0 Å². The average Bonchev–Trinajstić information content (AvgIpc) is 3.35. The Morgan fingerprint density at radius 3 is 2.30 bits per heavy atom. The highest BCUT2D eigenvalue weighted by Gasteiger charge is 2.15. The fraction of sp³-hybridized carbons (Fsp3) is 0. The first kappa shape index (κ1) is 20.1. The summed E-state index contributed by atoms with van der Waals surface area (Å²) in [6.07, 6.45) is 3.84. The largest absolute Gasteiger partial charge is 0.284 e. The third-order valence-electron chi connectivity index (χ3n) is 7.02. The molecule has 0 saturated carbocycles. The van der Waals surface area contributed by atoms with Crippen LogP contribution in [0.2, 0.25) is 0 Å². The minimum absolute atomic E-state index is 0.857. The van der Waals surface area contributed by atoms with Crippen molar-refractivity contribution in [3.05, 3.63) is 116 Å². The van der Waals surface area contributed by atoms with E-state index in [1.807, 2.05) is 36.7 Å². The molecule has 0 bridgehead atoms. The Morgan fingerprint density at radius 2 is 1.35 bits per heavy atom. The van der Waals surface area contributed by atoms with Gasteiger partial charge in [0.2, 0.25) is 0 Å². The number of fused-ring (bicyclic) bond motifs is 8. The van der Waals surface area contributed by atoms with Crippen molar-refractivity contribution in [3.8, 4) is 22.5 Å². The quantitative estimate of drug-likeness (QED) is 0.244. The summed E-state index contributed by atoms with van der Waals surface area (Å²) in [5.74, 6) is 0. The molecule has 0 radical (unpaired) electrons. The zero-order chi connectivity index (χ0) is 24.3. The van der Waals surface area contributed by atoms with Gasteiger partial charge in [0.15, 0.2) is 5.65 Å². The maximum atomic E-state index is 5.16. The van der Waals surface area contributed by atoms with Gasteiger partial charge in [-0.2, -0.15) is 0 Å². The molecule has 172 valence electrons. The topological polar surface area (TPSA) is 56.0 Å². The van der Waals surface area contributed by atoms with E-state index in [9.17, 15) is 0 Å². The number of imidazole rings is 1. The predicted molar refractivity (Wildman–Crippen MR) is 149 cm³/mol. The van der Waals surface area contributed by atoms with Crippen LogP contribution in [0.3, 0.4) is 0 Å². The number of pyridine rings is 4. The number of benzene rings is 3. The molecule has 5 nitrogen and oxygen atoms in total. The minimum atomic E-state index is 0.857. The van der Waals surface area contributed by atoms with Crippen LogP contribution in [-0.4, -0.2) is 24.3 Å². The van der Waals surface area contributed by atoms with Crippen molar-refractivity contribution in [2.24, 2.45) is 0 Å². The van der Waals surface area contributed by atoms with Gasteiger partial charge >= 0.3 is 0 Å². The highest BCUT2D eigenvalue weighted by Crippen LogP contribution is 2.34. The van der Waals surface area contributed by atoms with Gasteiger partial charge in [-0.15, -0.1) is 0 Å². The van der Waals surface area contributed by atoms with Gasteiger partial charge in [-0.3, -0.25) is 9.38 Å². The second kappa shape index (κ2) is 7.67. The number of nitrogens with zero attached hydrogens (tertiary/aromatic N) is 5. The second-order valence-electron chi connectivity index (χ2n) is 9.21. The van der Waals surface area contributed by atoms with Crippen LogP contribution in [0.4, 0.5) is 0 Å². The molecule has 8 rings (SSSR count). The van der Waals surface area contributed by atoms with E-state index in [1.54, 1.807) is 0 Å². The number of aromatic nitrogens is 5. The van der Waals surface area contributed by atoms with Gasteiger partial charge in [-0.1, -0.05) is 72.8 Å². The van der Waals surface area contributed by atoms with Crippen LogP contribution in [-0.2, 0) is 0 Å². The van der Waals surface area contributed by atoms with E-state index in [0.29, 0.717) is 0 Å². The molecule has 0 saturated heterocycles. The van der Waals surface area contributed by atoms with Gasteiger partial charge < -0.3 is 0 Å². The molecule has 0 aliphatic heterocycles. The number of hydrogen-bond acceptors (Lipinski definition) is 4. The summed E-state index contributed by atoms with van der Waals surface area (Å²) < 4.78 is 2.05. The highest BCUT2D eigenvalue weighted by molar-refractivity contribution is 6.09. The molecule has 5 aromatic heterocycles. The molecule has 8 aromatic rings. The molecule has 0 spiro atoms. The Hall–Kier alpha value is -5.16. The van der Waals surface area contributed by atoms with Crippen molar-refractivity contribution in [2.45, 2.75) is 0 Å². The molecule has 0 aliphatic carbocycles. The fourth-order valence-corrected chi connectivity index (χ4v) is 5.26. The molecule has 5 heterocycles. The third kappa shape index (κ3) is 3.04. The summed E-state index contributed by atoms with van der Waals surface area (Å²) in [7, 11) is 0. The Labute approximate surface area is 211 Å². The summed E-state index contributed by atoms with van der Waals surface area (Å²) in [5, 5.41) is 4.34. The normalized spacial score (nSPS) is 11.8. The number of rotatable bonds is 2. The molecule has 37 heavy (non-hydrogen) atoms. The van der Waals surface area contributed by atoms with E-state index >= 15 is 0 Å². The Morgan fingerprint density at radius 1 is 0.541 bits per heavy atom. The predicted octanol–water partition coefficient (Wildman–Crippen LogP) is 7.47. The van der Waals surface area contributed by atoms with E-state index in [4.69, 9.17) is 15.0 Å². The van der Waals surface area contributed by atoms with Gasteiger partial charge in [0, 0.05) is 45.1 Å². The lowest BCUT2D eigenvalue weighted by Crippen LogP contribution is -1.93. The van der Waals surface area contributed by atoms with Crippen molar-refractivity contribution >= 4 is 49.4 Å². The van der Waals surface area contributed by atoms with E-state index in [-0.39, 0.29) is 0 Å². The zero-order valence-electron chi connectivity index (χ0n) is 19.7. The molecular weight excluding hydrogens is 454 g/mol. The number of hydrogen-bond donors (Lipinski definition) is 0. The van der Waals surface area contributed by atoms with Gasteiger partial charge in [0.05, 0.1) is 22.4 Å². The first-order valence-corrected chi connectivity index (χ1v) is 12.2. The monoisotopic (exact) mass is 473 g/mol. The Balaban J connectivity index is 1.36. The van der Waals surface area contributed by atoms with Crippen LogP contribution in [0.15, 0.2) is 116 Å². The van der Waals surface area contributed by atoms with E-state index < -0.39 is 0 Å². The molecule has 0 amide bonds. The molecule has 5 heteroatoms. The van der Waals surface area contributed by atoms with Gasteiger partial charge in [0.25, 0.3) is 0 Å². The maximum absolute atomic E-state index is 5.16. The summed E-state index contributed by atoms with van der Waals surface area (Å²) >= 11 is 0. The van der Waals surface area contributed by atoms with Crippen LogP contribution in [0.1, 0.15) is 0 Å². The summed E-state index contributed by atoms with van der Waals surface area (Å²) in [4.78, 5) is 19.7. The van der Waals surface area contributed by atoms with Crippen molar-refractivity contribution < 1.29 is 0 Å². The van der Waals surface area contributed by atoms with Crippen molar-refractivity contribution in [1.29, 1.82) is 0 Å². The van der Waals surface area contributed by atoms with Gasteiger partial charge in [-0.05, 0) is 30.3 Å². The summed E-state index contributed by atoms with van der Waals surface area (Å²) in [5.41, 5.74) is 8.42. The van der Waals surface area contributed by atoms with Gasteiger partial charge in [0.1, 0.15) is 11.2 Å². The molecule has 0 aliphatic rings. The summed E-state index contributed by atoms with van der Waals surface area (Å²) in [6.45, 7) is 0. The van der Waals surface area contributed by atoms with Crippen LogP contribution in [0.5, 0.6) is 0 Å². The van der Waals surface area contributed by atoms with Crippen molar-refractivity contribution in [3.63, 3.8) is 0 Å². The van der Waals surface area contributed by atoms with Crippen LogP contribution < -0.4 is 0 Å². The SMILES string of the molecule is c1cc(-c2ccc3ccc4cccnc4c3n2)cc(-c2nc3c(nc4ccccn43)c3ccccc23)c1. The van der Waals surface area contributed by atoms with Crippen LogP contribution >= 0.6 is 0 Å². The highest BCUT2D eigenvalue weighted by atomic mass is 15.1. The molecular formula is C32H19N5. The lowest BCUT2D eigenvalue weighted by Gasteiger charge is -2.10. The summed E-state index contributed by atoms with van der Waals surface area (Å²) in [6, 6.07) is 35.3. The first-order chi connectivity index (χ1) is 18.3. The molecule has 0 fully saturated rings. The van der Waals surface area contributed by atoms with Crippen LogP contribution in [0.25, 0.3) is 71.9 Å². The first-order valence-electron chi connectivity index (χ1n) is 12.2. The van der Waals surface area contributed by atoms with E-state index in [2.05, 4.69) is 88.2 Å². The second-order valence-corrected chi connectivity index (χ2v) is 9.21. The van der Waals surface area contributed by atoms with Crippen molar-refractivity contribution in [1.82, 2.24) is 24.3 Å². The Kier molecular flexibility index (Phi) is 4.16. The van der Waals surface area contributed by atoms with Gasteiger partial charge in [-0.25, -0.2) is 15.0 Å². The lowest BCUT2D eigenvalue weighted by molar-refractivity contribution is 1.19. The molecule has 0 unspecified atom stereocenters.